The second-order valence-corrected chi connectivity index (χ2v) is 8.67. The molecule has 0 amide bonds. The second kappa shape index (κ2) is 9.01. The predicted molar refractivity (Wildman–Crippen MR) is 113 cm³/mol. The molecule has 36 heavy (non-hydrogen) atoms. The van der Waals surface area contributed by atoms with Crippen molar-refractivity contribution in [3.63, 3.8) is 0 Å². The maximum atomic E-state index is 13.8. The first-order valence-corrected chi connectivity index (χ1v) is 11.1. The number of carbonyl (C=O) groups excluding carboxylic acids is 1. The fourth-order valence-electron chi connectivity index (χ4n) is 3.03. The molecule has 4 rings (SSSR count). The normalized spacial score (nSPS) is 11.9. The van der Waals surface area contributed by atoms with Gasteiger partial charge in [0.05, 0.1) is 21.7 Å². The molecule has 0 atom stereocenters. The molecule has 0 aliphatic carbocycles. The average Bonchev–Trinajstić information content (AvgIpc) is 3.16. The lowest BCUT2D eigenvalue weighted by atomic mass is 10.1. The third-order valence-corrected chi connectivity index (χ3v) is 5.71. The maximum Gasteiger partial charge on any atom is 0.343 e. The topological polar surface area (TPSA) is 147 Å². The summed E-state index contributed by atoms with van der Waals surface area (Å²) in [6.45, 7) is 0. The monoisotopic (exact) mass is 526 g/mol. The van der Waals surface area contributed by atoms with Gasteiger partial charge in [0, 0.05) is 5.39 Å². The van der Waals surface area contributed by atoms with Crippen molar-refractivity contribution in [3.8, 4) is 11.6 Å². The fraction of sp³-hybridized carbons (Fsp3) is 0. The zero-order valence-electron chi connectivity index (χ0n) is 17.4. The van der Waals surface area contributed by atoms with Gasteiger partial charge in [-0.05, 0) is 42.5 Å². The van der Waals surface area contributed by atoms with E-state index in [4.69, 9.17) is 5.14 Å². The van der Waals surface area contributed by atoms with Gasteiger partial charge in [-0.3, -0.25) is 0 Å². The van der Waals surface area contributed by atoms with Gasteiger partial charge in [-0.2, -0.15) is 13.9 Å². The number of ether oxygens (including phenoxy) is 1. The summed E-state index contributed by atoms with van der Waals surface area (Å²) in [6.07, 6.45) is 0. The number of aromatic hydroxyl groups is 1. The quantitative estimate of drug-likeness (QED) is 0.0849. The van der Waals surface area contributed by atoms with Crippen molar-refractivity contribution in [2.45, 2.75) is 4.90 Å². The number of sulfonamides is 1. The third kappa shape index (κ3) is 4.48. The van der Waals surface area contributed by atoms with Crippen LogP contribution in [0.15, 0.2) is 57.6 Å². The lowest BCUT2D eigenvalue weighted by Gasteiger charge is -2.09. The van der Waals surface area contributed by atoms with Crippen LogP contribution in [0.25, 0.3) is 10.9 Å². The Morgan fingerprint density at radius 1 is 0.889 bits per heavy atom. The van der Waals surface area contributed by atoms with Crippen molar-refractivity contribution in [2.75, 3.05) is 0 Å². The molecule has 186 valence electrons. The zero-order chi connectivity index (χ0) is 26.4. The number of hydrogen-bond acceptors (Lipinski definition) is 7. The van der Waals surface area contributed by atoms with E-state index in [-0.39, 0.29) is 32.7 Å². The molecule has 4 aromatic rings. The molecule has 0 radical (unpaired) electrons. The van der Waals surface area contributed by atoms with Gasteiger partial charge >= 0.3 is 5.97 Å². The highest BCUT2D eigenvalue weighted by Gasteiger charge is 2.29. The lowest BCUT2D eigenvalue weighted by Crippen LogP contribution is -2.13. The number of rotatable bonds is 5. The minimum atomic E-state index is -3.93. The number of hydrogen-bond donors (Lipinski definition) is 3. The van der Waals surface area contributed by atoms with Crippen LogP contribution in [-0.4, -0.2) is 24.5 Å². The van der Waals surface area contributed by atoms with E-state index in [9.17, 15) is 40.3 Å². The number of nitrogens with one attached hydrogen (secondary N) is 1. The molecule has 15 heteroatoms. The van der Waals surface area contributed by atoms with Crippen molar-refractivity contribution in [2.24, 2.45) is 15.4 Å². The van der Waals surface area contributed by atoms with Gasteiger partial charge in [0.1, 0.15) is 0 Å². The smallest absolute Gasteiger partial charge is 0.343 e. The van der Waals surface area contributed by atoms with E-state index in [1.165, 1.54) is 30.3 Å². The first kappa shape index (κ1) is 24.7. The summed E-state index contributed by atoms with van der Waals surface area (Å²) in [5.41, 5.74) is -0.178. The minimum Gasteiger partial charge on any atom is -0.493 e. The van der Waals surface area contributed by atoms with Crippen LogP contribution >= 0.6 is 0 Å². The van der Waals surface area contributed by atoms with E-state index in [0.717, 1.165) is 12.1 Å². The summed E-state index contributed by atoms with van der Waals surface area (Å²) in [5.74, 6) is -15.4. The number of carbonyl (C=O) groups is 1. The molecule has 1 heterocycles. The van der Waals surface area contributed by atoms with Crippen LogP contribution < -0.4 is 9.88 Å². The van der Waals surface area contributed by atoms with E-state index in [2.05, 4.69) is 19.9 Å². The first-order chi connectivity index (χ1) is 16.9. The molecule has 0 saturated carbocycles. The van der Waals surface area contributed by atoms with Crippen LogP contribution in [0.1, 0.15) is 10.4 Å². The van der Waals surface area contributed by atoms with Crippen molar-refractivity contribution in [1.29, 1.82) is 0 Å². The Morgan fingerprint density at radius 2 is 1.47 bits per heavy atom. The fourth-order valence-corrected chi connectivity index (χ4v) is 3.54. The van der Waals surface area contributed by atoms with E-state index < -0.39 is 56.7 Å². The van der Waals surface area contributed by atoms with Crippen LogP contribution in [0.4, 0.5) is 33.3 Å². The van der Waals surface area contributed by atoms with Crippen LogP contribution in [0, 0.1) is 29.1 Å². The van der Waals surface area contributed by atoms with Gasteiger partial charge in [-0.25, -0.2) is 31.5 Å². The number of fused-ring (bicyclic) bond motifs is 1. The van der Waals surface area contributed by atoms with Gasteiger partial charge < -0.3 is 14.8 Å². The molecular formula is C21H11F5N4O5S. The number of H-pyrrole nitrogens is 1. The Morgan fingerprint density at radius 3 is 2.06 bits per heavy atom. The van der Waals surface area contributed by atoms with Crippen LogP contribution in [0.3, 0.4) is 0 Å². The Hall–Kier alpha value is -4.37. The van der Waals surface area contributed by atoms with Gasteiger partial charge in [0.25, 0.3) is 0 Å². The Bertz CT molecular complexity index is 1640. The van der Waals surface area contributed by atoms with Crippen LogP contribution in [-0.2, 0) is 10.0 Å². The zero-order valence-corrected chi connectivity index (χ0v) is 18.2. The number of aromatic amines is 1. The molecule has 0 saturated heterocycles. The molecule has 0 aliphatic heterocycles. The summed E-state index contributed by atoms with van der Waals surface area (Å²) in [5, 5.41) is 22.9. The Balaban J connectivity index is 1.67. The number of nitrogens with zero attached hydrogens (tertiary/aromatic N) is 2. The molecule has 9 nitrogen and oxygen atoms in total. The molecular weight excluding hydrogens is 515 g/mol. The van der Waals surface area contributed by atoms with E-state index >= 15 is 0 Å². The number of benzene rings is 3. The number of azo groups is 1. The highest BCUT2D eigenvalue weighted by molar-refractivity contribution is 7.89. The second-order valence-electron chi connectivity index (χ2n) is 7.11. The Labute approximate surface area is 197 Å². The molecule has 0 unspecified atom stereocenters. The van der Waals surface area contributed by atoms with Crippen LogP contribution in [0.5, 0.6) is 11.6 Å². The molecule has 0 aliphatic rings. The van der Waals surface area contributed by atoms with Crippen molar-refractivity contribution in [1.82, 2.24) is 4.98 Å². The molecule has 0 spiro atoms. The predicted octanol–water partition coefficient (Wildman–Crippen LogP) is 4.85. The molecule has 0 bridgehead atoms. The van der Waals surface area contributed by atoms with E-state index in [0.29, 0.717) is 0 Å². The van der Waals surface area contributed by atoms with Crippen molar-refractivity contribution in [3.05, 3.63) is 77.1 Å². The standard InChI is InChI=1S/C21H11F5N4O5S/c22-13-14(23)16(25)19(17(26)15(13)24)35-21(32)8-1-6-12-11(7-8)18(20(31)28-12)30-29-9-2-4-10(5-3-9)36(27,33)34/h1-7,28,31H,(H2,27,33,34). The first-order valence-electron chi connectivity index (χ1n) is 9.51. The SMILES string of the molecule is NS(=O)(=O)c1ccc(N=Nc2c(O)[nH]c3ccc(C(=O)Oc4c(F)c(F)c(F)c(F)c4F)cc23)cc1. The summed E-state index contributed by atoms with van der Waals surface area (Å²) in [4.78, 5) is 14.8. The largest absolute Gasteiger partial charge is 0.493 e. The summed E-state index contributed by atoms with van der Waals surface area (Å²) in [7, 11) is -3.93. The average molecular weight is 526 g/mol. The highest BCUT2D eigenvalue weighted by Crippen LogP contribution is 2.37. The summed E-state index contributed by atoms with van der Waals surface area (Å²) in [6, 6.07) is 8.32. The highest BCUT2D eigenvalue weighted by atomic mass is 32.2. The maximum absolute atomic E-state index is 13.8. The number of aromatic nitrogens is 1. The minimum absolute atomic E-state index is 0.0734. The van der Waals surface area contributed by atoms with Gasteiger partial charge in [-0.15, -0.1) is 5.11 Å². The number of esters is 1. The molecule has 4 N–H and O–H groups in total. The number of halogens is 5. The number of primary sulfonamides is 1. The lowest BCUT2D eigenvalue weighted by molar-refractivity contribution is 0.0716. The molecule has 3 aromatic carbocycles. The van der Waals surface area contributed by atoms with Crippen LogP contribution in [0.2, 0.25) is 0 Å². The molecule has 1 aromatic heterocycles. The Kier molecular flexibility index (Phi) is 6.19. The van der Waals surface area contributed by atoms with Gasteiger partial charge in [0.15, 0.2) is 5.69 Å². The number of nitrogens with two attached hydrogens (primary N) is 1. The van der Waals surface area contributed by atoms with Crippen molar-refractivity contribution >= 4 is 38.3 Å². The summed E-state index contributed by atoms with van der Waals surface area (Å²) < 4.78 is 94.7. The molecule has 0 fully saturated rings. The van der Waals surface area contributed by atoms with E-state index in [1.54, 1.807) is 0 Å². The van der Waals surface area contributed by atoms with Gasteiger partial charge in [-0.1, -0.05) is 0 Å². The van der Waals surface area contributed by atoms with Gasteiger partial charge in [0.2, 0.25) is 50.7 Å². The van der Waals surface area contributed by atoms with E-state index in [1.807, 2.05) is 0 Å². The summed E-state index contributed by atoms with van der Waals surface area (Å²) >= 11 is 0. The third-order valence-electron chi connectivity index (χ3n) is 4.78. The van der Waals surface area contributed by atoms with Crippen molar-refractivity contribution < 1.29 is 45.0 Å².